The van der Waals surface area contributed by atoms with Crippen LogP contribution in [0.3, 0.4) is 0 Å². The van der Waals surface area contributed by atoms with E-state index in [-0.39, 0.29) is 21.6 Å². The average Bonchev–Trinajstić information content (AvgIpc) is 2.50. The first-order chi connectivity index (χ1) is 12.1. The zero-order valence-corrected chi connectivity index (χ0v) is 17.1. The molecule has 26 heavy (non-hydrogen) atoms. The Kier molecular flexibility index (Phi) is 9.04. The van der Waals surface area contributed by atoms with Crippen LogP contribution in [0.15, 0.2) is 0 Å². The van der Waals surface area contributed by atoms with Gasteiger partial charge in [0.25, 0.3) is 0 Å². The third kappa shape index (κ3) is 6.93. The molecule has 0 amide bonds. The number of ether oxygens (including phenoxy) is 5. The second kappa shape index (κ2) is 10.5. The summed E-state index contributed by atoms with van der Waals surface area (Å²) in [5.74, 6) is -2.36. The number of carbonyl (C=O) groups is 4. The Hall–Kier alpha value is -1.64. The Morgan fingerprint density at radius 3 is 1.77 bits per heavy atom. The fourth-order valence-corrected chi connectivity index (χ4v) is 4.48. The van der Waals surface area contributed by atoms with Crippen molar-refractivity contribution in [3.05, 3.63) is 0 Å². The molecular weight excluding hydrogens is 415 g/mol. The minimum atomic E-state index is -1.08. The van der Waals surface area contributed by atoms with Gasteiger partial charge in [0.1, 0.15) is 0 Å². The Labute approximate surface area is 158 Å². The van der Waals surface area contributed by atoms with Crippen molar-refractivity contribution in [3.63, 3.8) is 0 Å². The summed E-state index contributed by atoms with van der Waals surface area (Å²) >= 11 is -0.117. The van der Waals surface area contributed by atoms with Crippen LogP contribution in [-0.4, -0.2) is 74.9 Å². The van der Waals surface area contributed by atoms with Crippen LogP contribution < -0.4 is 0 Å². The second-order valence-electron chi connectivity index (χ2n) is 5.52. The molecule has 10 heteroatoms. The Morgan fingerprint density at radius 2 is 1.31 bits per heavy atom. The van der Waals surface area contributed by atoms with Gasteiger partial charge in [0.2, 0.25) is 0 Å². The topological polar surface area (TPSA) is 114 Å². The van der Waals surface area contributed by atoms with E-state index in [4.69, 9.17) is 23.7 Å². The van der Waals surface area contributed by atoms with Crippen LogP contribution in [0.5, 0.6) is 0 Å². The monoisotopic (exact) mass is 440 g/mol. The molecule has 1 saturated heterocycles. The third-order valence-corrected chi connectivity index (χ3v) is 5.46. The predicted octanol–water partition coefficient (Wildman–Crippen LogP) is 0.212. The van der Waals surface area contributed by atoms with E-state index in [2.05, 4.69) is 0 Å². The zero-order chi connectivity index (χ0) is 19.9. The molecule has 0 aromatic rings. The normalized spacial score (nSPS) is 28.0. The van der Waals surface area contributed by atoms with Crippen LogP contribution in [0.4, 0.5) is 0 Å². The molecule has 1 fully saturated rings. The van der Waals surface area contributed by atoms with Gasteiger partial charge in [-0.2, -0.15) is 0 Å². The molecule has 0 N–H and O–H groups in total. The molecule has 148 valence electrons. The SMILES string of the molecule is CC[Se]C1OC(COC(C)=O)C(OC(C)=O)C(OC(C)=O)C1OC(C)=O. The summed E-state index contributed by atoms with van der Waals surface area (Å²) in [6.07, 6.45) is -3.91. The molecule has 0 saturated carbocycles. The fraction of sp³-hybridized carbons (Fsp3) is 0.750. The molecule has 1 rings (SSSR count). The van der Waals surface area contributed by atoms with Gasteiger partial charge < -0.3 is 0 Å². The summed E-state index contributed by atoms with van der Waals surface area (Å²) in [6.45, 7) is 6.61. The number of carbonyl (C=O) groups excluding carboxylic acids is 4. The van der Waals surface area contributed by atoms with Crippen LogP contribution in [0.1, 0.15) is 34.6 Å². The van der Waals surface area contributed by atoms with E-state index >= 15 is 0 Å². The van der Waals surface area contributed by atoms with E-state index in [1.54, 1.807) is 0 Å². The van der Waals surface area contributed by atoms with Gasteiger partial charge in [0.15, 0.2) is 0 Å². The van der Waals surface area contributed by atoms with Gasteiger partial charge in [0, 0.05) is 0 Å². The molecule has 1 heterocycles. The van der Waals surface area contributed by atoms with Crippen molar-refractivity contribution in [1.29, 1.82) is 0 Å². The molecule has 0 aliphatic carbocycles. The average molecular weight is 439 g/mol. The van der Waals surface area contributed by atoms with Crippen LogP contribution in [0.25, 0.3) is 0 Å². The number of hydrogen-bond donors (Lipinski definition) is 0. The van der Waals surface area contributed by atoms with Gasteiger partial charge in [-0.1, -0.05) is 0 Å². The Bertz CT molecular complexity index is 536. The van der Waals surface area contributed by atoms with Gasteiger partial charge in [0.05, 0.1) is 0 Å². The summed E-state index contributed by atoms with van der Waals surface area (Å²) in [7, 11) is 0. The quantitative estimate of drug-likeness (QED) is 0.312. The first-order valence-electron chi connectivity index (χ1n) is 8.07. The minimum absolute atomic E-state index is 0.117. The fourth-order valence-electron chi connectivity index (χ4n) is 2.49. The predicted molar refractivity (Wildman–Crippen MR) is 88.2 cm³/mol. The molecule has 0 bridgehead atoms. The van der Waals surface area contributed by atoms with Gasteiger partial charge >= 0.3 is 158 Å². The van der Waals surface area contributed by atoms with Crippen molar-refractivity contribution in [2.24, 2.45) is 0 Å². The summed E-state index contributed by atoms with van der Waals surface area (Å²) in [5.41, 5.74) is 0. The summed E-state index contributed by atoms with van der Waals surface area (Å²) < 4.78 is 26.8. The first kappa shape index (κ1) is 22.4. The van der Waals surface area contributed by atoms with Crippen molar-refractivity contribution in [2.45, 2.75) is 69.4 Å². The van der Waals surface area contributed by atoms with E-state index in [0.717, 1.165) is 5.32 Å². The van der Waals surface area contributed by atoms with Gasteiger partial charge in [-0.15, -0.1) is 0 Å². The van der Waals surface area contributed by atoms with E-state index in [9.17, 15) is 19.2 Å². The second-order valence-corrected chi connectivity index (χ2v) is 8.41. The van der Waals surface area contributed by atoms with Crippen LogP contribution in [-0.2, 0) is 42.9 Å². The maximum atomic E-state index is 11.6. The van der Waals surface area contributed by atoms with Crippen molar-refractivity contribution in [2.75, 3.05) is 6.61 Å². The van der Waals surface area contributed by atoms with Crippen molar-refractivity contribution < 1.29 is 42.9 Å². The summed E-state index contributed by atoms with van der Waals surface area (Å²) in [5, 5.41) is 0.217. The third-order valence-electron chi connectivity index (χ3n) is 3.28. The maximum absolute atomic E-state index is 11.6. The summed E-state index contributed by atoms with van der Waals surface area (Å²) in [6, 6.07) is 0. The molecule has 5 atom stereocenters. The van der Waals surface area contributed by atoms with E-state index in [0.29, 0.717) is 0 Å². The summed E-state index contributed by atoms with van der Waals surface area (Å²) in [4.78, 5) is 45.8. The molecule has 9 nitrogen and oxygen atoms in total. The van der Waals surface area contributed by atoms with Crippen molar-refractivity contribution in [3.8, 4) is 0 Å². The Morgan fingerprint density at radius 1 is 0.808 bits per heavy atom. The molecule has 0 aromatic carbocycles. The van der Waals surface area contributed by atoms with E-state index in [1.165, 1.54) is 27.7 Å². The van der Waals surface area contributed by atoms with Gasteiger partial charge in [-0.25, -0.2) is 0 Å². The van der Waals surface area contributed by atoms with Crippen molar-refractivity contribution in [1.82, 2.24) is 0 Å². The standard InChI is InChI=1S/C16H24O9Se/c1-6-26-16-15(24-11(5)20)14(23-10(4)19)13(22-9(3)18)12(25-16)7-21-8(2)17/h12-16H,6-7H2,1-5H3. The van der Waals surface area contributed by atoms with Crippen molar-refractivity contribution >= 4 is 38.8 Å². The van der Waals surface area contributed by atoms with Crippen LogP contribution in [0.2, 0.25) is 5.32 Å². The molecule has 0 radical (unpaired) electrons. The molecule has 0 aromatic heterocycles. The van der Waals surface area contributed by atoms with Gasteiger partial charge in [-0.05, 0) is 0 Å². The van der Waals surface area contributed by atoms with E-state index in [1.807, 2.05) is 6.92 Å². The molecule has 0 spiro atoms. The number of esters is 4. The molecule has 5 unspecified atom stereocenters. The number of hydrogen-bond acceptors (Lipinski definition) is 9. The van der Waals surface area contributed by atoms with E-state index < -0.39 is 53.3 Å². The Balaban J connectivity index is 3.22. The first-order valence-corrected chi connectivity index (χ1v) is 10.3. The zero-order valence-electron chi connectivity index (χ0n) is 15.4. The number of rotatable bonds is 7. The molecular formula is C16H24O9Se. The van der Waals surface area contributed by atoms with Crippen LogP contribution >= 0.6 is 0 Å². The molecule has 1 aliphatic rings. The van der Waals surface area contributed by atoms with Gasteiger partial charge in [-0.3, -0.25) is 0 Å². The van der Waals surface area contributed by atoms with Crippen LogP contribution in [0, 0.1) is 0 Å². The molecule has 1 aliphatic heterocycles.